The molecule has 96 valence electrons. The van der Waals surface area contributed by atoms with Crippen LogP contribution in [0.4, 0.5) is 11.4 Å². The molecule has 3 heteroatoms. The first-order chi connectivity index (χ1) is 9.77. The van der Waals surface area contributed by atoms with Crippen LogP contribution in [0.1, 0.15) is 0 Å². The number of rotatable bonds is 2. The number of nitrogens with zero attached hydrogens (tertiary/aromatic N) is 1. The van der Waals surface area contributed by atoms with Gasteiger partial charge in [0.2, 0.25) is 0 Å². The van der Waals surface area contributed by atoms with Crippen molar-refractivity contribution < 1.29 is 9.90 Å². The highest BCUT2D eigenvalue weighted by Crippen LogP contribution is 2.23. The summed E-state index contributed by atoms with van der Waals surface area (Å²) in [6, 6.07) is 22.0. The van der Waals surface area contributed by atoms with E-state index in [9.17, 15) is 4.79 Å². The number of para-hydroxylation sites is 2. The van der Waals surface area contributed by atoms with E-state index >= 15 is 0 Å². The highest BCUT2D eigenvalue weighted by atomic mass is 16.4. The normalized spacial score (nSPS) is 8.60. The molecule has 0 fully saturated rings. The van der Waals surface area contributed by atoms with Crippen molar-refractivity contribution in [1.82, 2.24) is 0 Å². The third-order valence-electron chi connectivity index (χ3n) is 2.43. The Morgan fingerprint density at radius 2 is 1.35 bits per heavy atom. The molecule has 20 heavy (non-hydrogen) atoms. The molecule has 2 aromatic carbocycles. The fourth-order valence-electron chi connectivity index (χ4n) is 1.60. The maximum Gasteiger partial charge on any atom is 0.382 e. The van der Waals surface area contributed by atoms with Crippen LogP contribution in [0, 0.1) is 23.8 Å². The third-order valence-corrected chi connectivity index (χ3v) is 2.43. The van der Waals surface area contributed by atoms with Gasteiger partial charge in [-0.15, -0.1) is 0 Å². The minimum absolute atomic E-state index is 0.892. The standard InChI is InChI=1S/C17H11NO2/c19-17(20)13-7-8-14-18(15-9-3-1-4-10-15)16-11-5-2-6-12-16/h1-6,9-12H,(H,19,20). The first-order valence-corrected chi connectivity index (χ1v) is 5.92. The number of hydrogen-bond donors (Lipinski definition) is 1. The Morgan fingerprint density at radius 3 is 1.80 bits per heavy atom. The van der Waals surface area contributed by atoms with Gasteiger partial charge in [0.25, 0.3) is 0 Å². The van der Waals surface area contributed by atoms with Gasteiger partial charge >= 0.3 is 5.97 Å². The van der Waals surface area contributed by atoms with Gasteiger partial charge in [0.05, 0.1) is 11.4 Å². The Balaban J connectivity index is 2.36. The zero-order chi connectivity index (χ0) is 14.2. The Hall–Kier alpha value is -3.17. The molecule has 1 N–H and O–H groups in total. The Bertz CT molecular complexity index is 661. The summed E-state index contributed by atoms with van der Waals surface area (Å²) in [5.41, 5.74) is 1.78. The molecule has 0 spiro atoms. The van der Waals surface area contributed by atoms with Crippen LogP contribution in [-0.2, 0) is 4.79 Å². The van der Waals surface area contributed by atoms with E-state index in [-0.39, 0.29) is 0 Å². The summed E-state index contributed by atoms with van der Waals surface area (Å²) in [6.07, 6.45) is 0. The van der Waals surface area contributed by atoms with E-state index in [4.69, 9.17) is 5.11 Å². The topological polar surface area (TPSA) is 40.5 Å². The van der Waals surface area contributed by atoms with Crippen LogP contribution in [-0.4, -0.2) is 11.1 Å². The van der Waals surface area contributed by atoms with Crippen molar-refractivity contribution in [3.63, 3.8) is 0 Å². The molecule has 0 bridgehead atoms. The molecular weight excluding hydrogens is 250 g/mol. The van der Waals surface area contributed by atoms with Crippen LogP contribution in [0.15, 0.2) is 60.7 Å². The molecule has 2 aromatic rings. The first kappa shape index (κ1) is 13.3. The van der Waals surface area contributed by atoms with E-state index in [1.165, 1.54) is 0 Å². The van der Waals surface area contributed by atoms with Crippen molar-refractivity contribution in [3.8, 4) is 23.8 Å². The monoisotopic (exact) mass is 261 g/mol. The maximum atomic E-state index is 10.3. The lowest BCUT2D eigenvalue weighted by atomic mass is 10.2. The van der Waals surface area contributed by atoms with Gasteiger partial charge in [-0.3, -0.25) is 4.90 Å². The van der Waals surface area contributed by atoms with Crippen LogP contribution in [0.25, 0.3) is 0 Å². The molecular formula is C17H11NO2. The largest absolute Gasteiger partial charge is 0.472 e. The van der Waals surface area contributed by atoms with Gasteiger partial charge in [0.15, 0.2) is 0 Å². The second kappa shape index (κ2) is 6.68. The van der Waals surface area contributed by atoms with Crippen molar-refractivity contribution in [1.29, 1.82) is 0 Å². The van der Waals surface area contributed by atoms with E-state index in [1.54, 1.807) is 4.90 Å². The average molecular weight is 261 g/mol. The predicted molar refractivity (Wildman–Crippen MR) is 78.2 cm³/mol. The minimum atomic E-state index is -1.19. The van der Waals surface area contributed by atoms with Gasteiger partial charge in [-0.2, -0.15) is 0 Å². The van der Waals surface area contributed by atoms with Crippen molar-refractivity contribution >= 4 is 17.3 Å². The molecule has 2 rings (SSSR count). The smallest absolute Gasteiger partial charge is 0.382 e. The van der Waals surface area contributed by atoms with Crippen molar-refractivity contribution in [2.24, 2.45) is 0 Å². The second-order valence-corrected chi connectivity index (χ2v) is 3.80. The van der Waals surface area contributed by atoms with Crippen molar-refractivity contribution in [2.75, 3.05) is 4.90 Å². The second-order valence-electron chi connectivity index (χ2n) is 3.80. The number of anilines is 2. The van der Waals surface area contributed by atoms with Crippen LogP contribution in [0.3, 0.4) is 0 Å². The summed E-state index contributed by atoms with van der Waals surface area (Å²) >= 11 is 0. The lowest BCUT2D eigenvalue weighted by Crippen LogP contribution is -2.08. The van der Waals surface area contributed by atoms with Crippen molar-refractivity contribution in [3.05, 3.63) is 60.7 Å². The molecule has 0 aliphatic heterocycles. The molecule has 0 atom stereocenters. The average Bonchev–Trinajstić information content (AvgIpc) is 2.49. The quantitative estimate of drug-likeness (QED) is 0.667. The van der Waals surface area contributed by atoms with Crippen LogP contribution >= 0.6 is 0 Å². The Labute approximate surface area is 117 Å². The minimum Gasteiger partial charge on any atom is -0.472 e. The van der Waals surface area contributed by atoms with Gasteiger partial charge in [-0.1, -0.05) is 36.4 Å². The summed E-state index contributed by atoms with van der Waals surface area (Å²) < 4.78 is 0. The maximum absolute atomic E-state index is 10.3. The van der Waals surface area contributed by atoms with Gasteiger partial charge in [0.1, 0.15) is 0 Å². The predicted octanol–water partition coefficient (Wildman–Crippen LogP) is 2.87. The molecule has 0 aliphatic rings. The van der Waals surface area contributed by atoms with Crippen LogP contribution < -0.4 is 4.90 Å². The first-order valence-electron chi connectivity index (χ1n) is 5.92. The molecule has 0 radical (unpaired) electrons. The Morgan fingerprint density at radius 1 is 0.850 bits per heavy atom. The van der Waals surface area contributed by atoms with Crippen LogP contribution in [0.5, 0.6) is 0 Å². The van der Waals surface area contributed by atoms with E-state index in [1.807, 2.05) is 66.6 Å². The van der Waals surface area contributed by atoms with E-state index in [0.717, 1.165) is 11.4 Å². The van der Waals surface area contributed by atoms with Crippen molar-refractivity contribution in [2.45, 2.75) is 0 Å². The SMILES string of the molecule is O=C(O)C#CC#CN(c1ccccc1)c1ccccc1. The van der Waals surface area contributed by atoms with E-state index < -0.39 is 5.97 Å². The number of hydrogen-bond acceptors (Lipinski definition) is 2. The number of carboxylic acids is 1. The highest BCUT2D eigenvalue weighted by Gasteiger charge is 2.04. The number of aliphatic carboxylic acids is 1. The highest BCUT2D eigenvalue weighted by molar-refractivity contribution is 5.87. The van der Waals surface area contributed by atoms with E-state index in [0.29, 0.717) is 0 Å². The Kier molecular flexibility index (Phi) is 4.43. The molecule has 0 saturated carbocycles. The van der Waals surface area contributed by atoms with Gasteiger partial charge < -0.3 is 5.11 Å². The fraction of sp³-hybridized carbons (Fsp3) is 0. The summed E-state index contributed by atoms with van der Waals surface area (Å²) in [5, 5.41) is 8.46. The lowest BCUT2D eigenvalue weighted by Gasteiger charge is -2.17. The molecule has 0 saturated heterocycles. The number of carboxylic acid groups (broad SMARTS) is 1. The molecule has 3 nitrogen and oxygen atoms in total. The van der Waals surface area contributed by atoms with Crippen LogP contribution in [0.2, 0.25) is 0 Å². The molecule has 0 unspecified atom stereocenters. The molecule has 0 amide bonds. The molecule has 0 heterocycles. The van der Waals surface area contributed by atoms with Gasteiger partial charge in [-0.05, 0) is 30.2 Å². The van der Waals surface area contributed by atoms with Gasteiger partial charge in [-0.25, -0.2) is 4.79 Å². The lowest BCUT2D eigenvalue weighted by molar-refractivity contribution is -0.130. The number of carbonyl (C=O) groups is 1. The fourth-order valence-corrected chi connectivity index (χ4v) is 1.60. The third kappa shape index (κ3) is 3.66. The van der Waals surface area contributed by atoms with Gasteiger partial charge in [0, 0.05) is 17.9 Å². The molecule has 0 aliphatic carbocycles. The summed E-state index contributed by atoms with van der Waals surface area (Å²) in [7, 11) is 0. The summed E-state index contributed by atoms with van der Waals surface area (Å²) in [6.45, 7) is 0. The zero-order valence-corrected chi connectivity index (χ0v) is 10.6. The molecule has 0 aromatic heterocycles. The number of benzene rings is 2. The summed E-state index contributed by atoms with van der Waals surface area (Å²) in [5.74, 6) is 5.63. The zero-order valence-electron chi connectivity index (χ0n) is 10.6. The van der Waals surface area contributed by atoms with E-state index in [2.05, 4.69) is 17.9 Å². The summed E-state index contributed by atoms with van der Waals surface area (Å²) in [4.78, 5) is 12.1.